The molecule has 0 saturated heterocycles. The van der Waals surface area contributed by atoms with Gasteiger partial charge in [-0.3, -0.25) is 4.99 Å². The van der Waals surface area contributed by atoms with Crippen molar-refractivity contribution in [3.8, 4) is 0 Å². The normalized spacial score (nSPS) is 25.4. The van der Waals surface area contributed by atoms with E-state index in [0.29, 0.717) is 11.8 Å². The molecule has 0 aromatic rings. The van der Waals surface area contributed by atoms with Crippen molar-refractivity contribution in [1.82, 2.24) is 0 Å². The fourth-order valence-corrected chi connectivity index (χ4v) is 0.795. The smallest absolute Gasteiger partial charge is 0.109 e. The zero-order valence-electron chi connectivity index (χ0n) is 5.91. The first-order valence-electron chi connectivity index (χ1n) is 3.32. The van der Waals surface area contributed by atoms with E-state index in [1.807, 2.05) is 6.21 Å². The number of nitrogens with zero attached hydrogens (tertiary/aromatic N) is 2. The first-order chi connectivity index (χ1) is 4.30. The molecule has 0 aromatic heterocycles. The highest BCUT2D eigenvalue weighted by Gasteiger charge is 2.10. The number of rotatable bonds is 1. The fraction of sp³-hybridized carbons (Fsp3) is 0.714. The van der Waals surface area contributed by atoms with Gasteiger partial charge in [0.15, 0.2) is 0 Å². The maximum absolute atomic E-state index is 4.06. The van der Waals surface area contributed by atoms with Gasteiger partial charge in [-0.2, -0.15) is 0 Å². The molecule has 0 N–H and O–H groups in total. The Morgan fingerprint density at radius 2 is 2.33 bits per heavy atom. The Morgan fingerprint density at radius 3 is 2.67 bits per heavy atom. The molecule has 0 spiro atoms. The second-order valence-electron chi connectivity index (χ2n) is 2.69. The molecular formula is C7H12N2. The third kappa shape index (κ3) is 1.63. The Bertz CT molecular complexity index is 136. The monoisotopic (exact) mass is 124 g/mol. The summed E-state index contributed by atoms with van der Waals surface area (Å²) in [4.78, 5) is 8.02. The standard InChI is InChI=1S/C7H12N2/c1-6(2)7-3-8-5-9-4-7/h3,5-7H,4H2,1-2H3. The summed E-state index contributed by atoms with van der Waals surface area (Å²) < 4.78 is 0. The van der Waals surface area contributed by atoms with Crippen LogP contribution in [0.4, 0.5) is 0 Å². The van der Waals surface area contributed by atoms with Crippen molar-refractivity contribution in [3.63, 3.8) is 0 Å². The molecule has 0 radical (unpaired) electrons. The minimum Gasteiger partial charge on any atom is -0.273 e. The molecule has 0 amide bonds. The maximum Gasteiger partial charge on any atom is 0.109 e. The van der Waals surface area contributed by atoms with Crippen molar-refractivity contribution >= 4 is 12.6 Å². The first kappa shape index (κ1) is 6.46. The van der Waals surface area contributed by atoms with Crippen LogP contribution >= 0.6 is 0 Å². The van der Waals surface area contributed by atoms with Crippen LogP contribution in [0.5, 0.6) is 0 Å². The van der Waals surface area contributed by atoms with E-state index in [9.17, 15) is 0 Å². The van der Waals surface area contributed by atoms with Gasteiger partial charge >= 0.3 is 0 Å². The van der Waals surface area contributed by atoms with E-state index in [1.165, 1.54) is 0 Å². The largest absolute Gasteiger partial charge is 0.273 e. The van der Waals surface area contributed by atoms with E-state index in [0.717, 1.165) is 6.54 Å². The lowest BCUT2D eigenvalue weighted by Gasteiger charge is -2.14. The van der Waals surface area contributed by atoms with Gasteiger partial charge in [-0.15, -0.1) is 0 Å². The molecule has 0 aliphatic carbocycles. The molecule has 1 rings (SSSR count). The van der Waals surface area contributed by atoms with Gasteiger partial charge in [0.2, 0.25) is 0 Å². The lowest BCUT2D eigenvalue weighted by Crippen LogP contribution is -2.16. The van der Waals surface area contributed by atoms with Crippen molar-refractivity contribution in [1.29, 1.82) is 0 Å². The van der Waals surface area contributed by atoms with Crippen LogP contribution in [-0.2, 0) is 0 Å². The highest BCUT2D eigenvalue weighted by atomic mass is 14.9. The van der Waals surface area contributed by atoms with Crippen LogP contribution in [0.1, 0.15) is 13.8 Å². The van der Waals surface area contributed by atoms with Crippen LogP contribution in [0, 0.1) is 11.8 Å². The molecule has 0 fully saturated rings. The van der Waals surface area contributed by atoms with Crippen LogP contribution < -0.4 is 0 Å². The summed E-state index contributed by atoms with van der Waals surface area (Å²) in [7, 11) is 0. The molecule has 1 atom stereocenters. The minimum atomic E-state index is 0.565. The van der Waals surface area contributed by atoms with Crippen LogP contribution in [-0.4, -0.2) is 19.1 Å². The van der Waals surface area contributed by atoms with Crippen LogP contribution in [0.3, 0.4) is 0 Å². The molecule has 9 heavy (non-hydrogen) atoms. The number of aliphatic imine (C=N–C) groups is 2. The van der Waals surface area contributed by atoms with Crippen molar-refractivity contribution < 1.29 is 0 Å². The third-order valence-electron chi connectivity index (χ3n) is 1.60. The Kier molecular flexibility index (Phi) is 1.98. The van der Waals surface area contributed by atoms with Gasteiger partial charge in [-0.25, -0.2) is 4.99 Å². The molecule has 1 aliphatic rings. The summed E-state index contributed by atoms with van der Waals surface area (Å²) in [5.74, 6) is 1.24. The van der Waals surface area contributed by atoms with Crippen LogP contribution in [0.25, 0.3) is 0 Å². The SMILES string of the molecule is CC(C)C1C=NC=NC1. The molecular weight excluding hydrogens is 112 g/mol. The Morgan fingerprint density at radius 1 is 1.56 bits per heavy atom. The molecule has 1 unspecified atom stereocenters. The summed E-state index contributed by atoms with van der Waals surface area (Å²) in [6, 6.07) is 0. The van der Waals surface area contributed by atoms with E-state index >= 15 is 0 Å². The van der Waals surface area contributed by atoms with Gasteiger partial charge < -0.3 is 0 Å². The van der Waals surface area contributed by atoms with E-state index in [2.05, 4.69) is 23.8 Å². The second kappa shape index (κ2) is 2.76. The first-order valence-corrected chi connectivity index (χ1v) is 3.32. The lowest BCUT2D eigenvalue weighted by molar-refractivity contribution is 0.509. The average Bonchev–Trinajstić information content (AvgIpc) is 1.90. The van der Waals surface area contributed by atoms with Gasteiger partial charge in [0, 0.05) is 18.7 Å². The molecule has 1 heterocycles. The Balaban J connectivity index is 2.46. The van der Waals surface area contributed by atoms with E-state index in [4.69, 9.17) is 0 Å². The summed E-state index contributed by atoms with van der Waals surface area (Å²) in [6.45, 7) is 5.30. The molecule has 0 aromatic carbocycles. The van der Waals surface area contributed by atoms with Gasteiger partial charge in [0.05, 0.1) is 0 Å². The Labute approximate surface area is 55.7 Å². The van der Waals surface area contributed by atoms with Crippen molar-refractivity contribution in [3.05, 3.63) is 0 Å². The number of hydrogen-bond donors (Lipinski definition) is 0. The second-order valence-corrected chi connectivity index (χ2v) is 2.69. The maximum atomic E-state index is 4.06. The lowest BCUT2D eigenvalue weighted by atomic mass is 9.97. The third-order valence-corrected chi connectivity index (χ3v) is 1.60. The highest BCUT2D eigenvalue weighted by Crippen LogP contribution is 2.09. The van der Waals surface area contributed by atoms with Crippen LogP contribution in [0.2, 0.25) is 0 Å². The number of hydrogen-bond acceptors (Lipinski definition) is 2. The predicted molar refractivity (Wildman–Crippen MR) is 40.2 cm³/mol. The fourth-order valence-electron chi connectivity index (χ4n) is 0.795. The van der Waals surface area contributed by atoms with E-state index in [1.54, 1.807) is 6.34 Å². The topological polar surface area (TPSA) is 24.7 Å². The average molecular weight is 124 g/mol. The molecule has 2 heteroatoms. The minimum absolute atomic E-state index is 0.565. The van der Waals surface area contributed by atoms with E-state index < -0.39 is 0 Å². The molecule has 0 bridgehead atoms. The summed E-state index contributed by atoms with van der Waals surface area (Å²) in [5.41, 5.74) is 0. The zero-order chi connectivity index (χ0) is 6.69. The van der Waals surface area contributed by atoms with Crippen molar-refractivity contribution in [2.24, 2.45) is 21.8 Å². The summed E-state index contributed by atoms with van der Waals surface area (Å²) in [5, 5.41) is 0. The van der Waals surface area contributed by atoms with Gasteiger partial charge in [0.1, 0.15) is 6.34 Å². The quantitative estimate of drug-likeness (QED) is 0.504. The summed E-state index contributed by atoms with van der Waals surface area (Å²) in [6.07, 6.45) is 3.61. The van der Waals surface area contributed by atoms with E-state index in [-0.39, 0.29) is 0 Å². The van der Waals surface area contributed by atoms with Crippen LogP contribution in [0.15, 0.2) is 9.98 Å². The summed E-state index contributed by atoms with van der Waals surface area (Å²) >= 11 is 0. The zero-order valence-corrected chi connectivity index (χ0v) is 5.91. The molecule has 1 aliphatic heterocycles. The van der Waals surface area contributed by atoms with Gasteiger partial charge in [-0.1, -0.05) is 13.8 Å². The van der Waals surface area contributed by atoms with Gasteiger partial charge in [-0.05, 0) is 5.92 Å². The van der Waals surface area contributed by atoms with Crippen molar-refractivity contribution in [2.45, 2.75) is 13.8 Å². The van der Waals surface area contributed by atoms with Crippen molar-refractivity contribution in [2.75, 3.05) is 6.54 Å². The highest BCUT2D eigenvalue weighted by molar-refractivity contribution is 5.76. The molecule has 0 saturated carbocycles. The predicted octanol–water partition coefficient (Wildman–Crippen LogP) is 1.37. The Hall–Kier alpha value is -0.660. The molecule has 2 nitrogen and oxygen atoms in total. The molecule has 50 valence electrons. The van der Waals surface area contributed by atoms with Gasteiger partial charge in [0.25, 0.3) is 0 Å².